The lowest BCUT2D eigenvalue weighted by atomic mass is 9.87. The number of hydrogen-bond donors (Lipinski definition) is 1. The Kier molecular flexibility index (Phi) is 5.03. The summed E-state index contributed by atoms with van der Waals surface area (Å²) in [5, 5.41) is 2.90. The van der Waals surface area contributed by atoms with Gasteiger partial charge in [-0.3, -0.25) is 4.79 Å². The number of carbonyl (C=O) groups is 1. The lowest BCUT2D eigenvalue weighted by molar-refractivity contribution is 0.102. The van der Waals surface area contributed by atoms with E-state index in [0.717, 1.165) is 0 Å². The van der Waals surface area contributed by atoms with Gasteiger partial charge < -0.3 is 10.1 Å². The van der Waals surface area contributed by atoms with Gasteiger partial charge in [-0.25, -0.2) is 4.98 Å². The van der Waals surface area contributed by atoms with Crippen LogP contribution in [0.1, 0.15) is 36.7 Å². The summed E-state index contributed by atoms with van der Waals surface area (Å²) in [6.45, 7) is 6.45. The fourth-order valence-electron chi connectivity index (χ4n) is 2.46. The molecule has 0 atom stereocenters. The van der Waals surface area contributed by atoms with Gasteiger partial charge in [0.05, 0.1) is 0 Å². The third kappa shape index (κ3) is 4.48. The summed E-state index contributed by atoms with van der Waals surface area (Å²) in [4.78, 5) is 16.5. The number of pyridine rings is 1. The van der Waals surface area contributed by atoms with Crippen LogP contribution in [0.5, 0.6) is 11.6 Å². The second-order valence-electron chi connectivity index (χ2n) is 7.08. The number of ether oxygens (including phenoxy) is 1. The minimum atomic E-state index is -0.135. The maximum Gasteiger partial charge on any atom is 0.255 e. The number of nitrogens with zero attached hydrogens (tertiary/aromatic N) is 1. The van der Waals surface area contributed by atoms with Crippen LogP contribution >= 0.6 is 0 Å². The molecule has 4 nitrogen and oxygen atoms in total. The van der Waals surface area contributed by atoms with Gasteiger partial charge in [0.2, 0.25) is 5.88 Å². The maximum atomic E-state index is 12.4. The molecule has 0 unspecified atom stereocenters. The largest absolute Gasteiger partial charge is 0.439 e. The number of aromatic nitrogens is 1. The summed E-state index contributed by atoms with van der Waals surface area (Å²) < 4.78 is 5.64. The van der Waals surface area contributed by atoms with E-state index in [1.165, 1.54) is 5.56 Å². The van der Waals surface area contributed by atoms with E-state index in [2.05, 4.69) is 31.1 Å². The number of rotatable bonds is 4. The molecule has 0 saturated heterocycles. The van der Waals surface area contributed by atoms with Crippen molar-refractivity contribution in [2.45, 2.75) is 26.2 Å². The number of amides is 1. The predicted octanol–water partition coefficient (Wildman–Crippen LogP) is 5.42. The molecule has 2 aromatic carbocycles. The maximum absolute atomic E-state index is 12.4. The molecular weight excluding hydrogens is 324 g/mol. The van der Waals surface area contributed by atoms with Crippen LogP contribution < -0.4 is 10.1 Å². The molecule has 1 heterocycles. The topological polar surface area (TPSA) is 51.2 Å². The van der Waals surface area contributed by atoms with Crippen molar-refractivity contribution in [3.63, 3.8) is 0 Å². The van der Waals surface area contributed by atoms with Gasteiger partial charge in [0, 0.05) is 23.5 Å². The first kappa shape index (κ1) is 17.7. The SMILES string of the molecule is CC(C)(C)c1ccc(C(=O)Nc2ccc(Oc3ccccn3)cc2)cc1. The Bertz CT molecular complexity index is 865. The number of carbonyl (C=O) groups excluding carboxylic acids is 1. The zero-order valence-electron chi connectivity index (χ0n) is 15.2. The summed E-state index contributed by atoms with van der Waals surface area (Å²) >= 11 is 0. The lowest BCUT2D eigenvalue weighted by Gasteiger charge is -2.19. The first-order valence-corrected chi connectivity index (χ1v) is 8.53. The third-order valence-corrected chi connectivity index (χ3v) is 3.99. The van der Waals surface area contributed by atoms with E-state index < -0.39 is 0 Å². The minimum absolute atomic E-state index is 0.0679. The number of anilines is 1. The van der Waals surface area contributed by atoms with Crippen LogP contribution in [-0.4, -0.2) is 10.9 Å². The van der Waals surface area contributed by atoms with Crippen molar-refractivity contribution < 1.29 is 9.53 Å². The van der Waals surface area contributed by atoms with Gasteiger partial charge >= 0.3 is 0 Å². The summed E-state index contributed by atoms with van der Waals surface area (Å²) in [6.07, 6.45) is 1.68. The van der Waals surface area contributed by atoms with Crippen molar-refractivity contribution >= 4 is 11.6 Å². The smallest absolute Gasteiger partial charge is 0.255 e. The van der Waals surface area contributed by atoms with Crippen molar-refractivity contribution in [2.24, 2.45) is 0 Å². The Labute approximate surface area is 153 Å². The molecule has 0 saturated carbocycles. The average Bonchev–Trinajstić information content (AvgIpc) is 2.63. The van der Waals surface area contributed by atoms with Gasteiger partial charge in [-0.2, -0.15) is 0 Å². The van der Waals surface area contributed by atoms with Crippen molar-refractivity contribution in [2.75, 3.05) is 5.32 Å². The first-order chi connectivity index (χ1) is 12.4. The van der Waals surface area contributed by atoms with Gasteiger partial charge in [0.1, 0.15) is 5.75 Å². The molecule has 4 heteroatoms. The number of benzene rings is 2. The fraction of sp³-hybridized carbons (Fsp3) is 0.182. The standard InChI is InChI=1S/C22H22N2O2/c1-22(2,3)17-9-7-16(8-10-17)21(25)24-18-11-13-19(14-12-18)26-20-6-4-5-15-23-20/h4-15H,1-3H3,(H,24,25). The highest BCUT2D eigenvalue weighted by Crippen LogP contribution is 2.23. The zero-order chi connectivity index (χ0) is 18.6. The normalized spacial score (nSPS) is 11.0. The highest BCUT2D eigenvalue weighted by molar-refractivity contribution is 6.04. The molecular formula is C22H22N2O2. The van der Waals surface area contributed by atoms with Crippen molar-refractivity contribution in [3.8, 4) is 11.6 Å². The first-order valence-electron chi connectivity index (χ1n) is 8.53. The van der Waals surface area contributed by atoms with Gasteiger partial charge in [-0.15, -0.1) is 0 Å². The molecule has 1 amide bonds. The van der Waals surface area contributed by atoms with Crippen LogP contribution in [0.25, 0.3) is 0 Å². The van der Waals surface area contributed by atoms with E-state index >= 15 is 0 Å². The highest BCUT2D eigenvalue weighted by Gasteiger charge is 2.14. The fourth-order valence-corrected chi connectivity index (χ4v) is 2.46. The van der Waals surface area contributed by atoms with E-state index in [9.17, 15) is 4.79 Å². The Balaban J connectivity index is 1.64. The summed E-state index contributed by atoms with van der Waals surface area (Å²) in [5.74, 6) is 1.06. The molecule has 3 rings (SSSR count). The van der Waals surface area contributed by atoms with E-state index in [1.807, 2.05) is 36.4 Å². The zero-order valence-corrected chi connectivity index (χ0v) is 15.2. The van der Waals surface area contributed by atoms with E-state index in [-0.39, 0.29) is 11.3 Å². The number of hydrogen-bond acceptors (Lipinski definition) is 3. The Hall–Kier alpha value is -3.14. The van der Waals surface area contributed by atoms with Gasteiger partial charge in [-0.05, 0) is 53.4 Å². The van der Waals surface area contributed by atoms with E-state index in [4.69, 9.17) is 4.74 Å². The van der Waals surface area contributed by atoms with Crippen molar-refractivity contribution in [1.29, 1.82) is 0 Å². The third-order valence-electron chi connectivity index (χ3n) is 3.99. The molecule has 0 spiro atoms. The van der Waals surface area contributed by atoms with E-state index in [1.54, 1.807) is 36.5 Å². The van der Waals surface area contributed by atoms with Crippen molar-refractivity contribution in [3.05, 3.63) is 84.1 Å². The summed E-state index contributed by atoms with van der Waals surface area (Å²) in [7, 11) is 0. The monoisotopic (exact) mass is 346 g/mol. The summed E-state index contributed by atoms with van der Waals surface area (Å²) in [5.41, 5.74) is 2.61. The predicted molar refractivity (Wildman–Crippen MR) is 104 cm³/mol. The van der Waals surface area contributed by atoms with Crippen LogP contribution in [0.3, 0.4) is 0 Å². The molecule has 0 aliphatic rings. The molecule has 0 bridgehead atoms. The Morgan fingerprint density at radius 2 is 1.62 bits per heavy atom. The number of nitrogens with one attached hydrogen (secondary N) is 1. The molecule has 0 radical (unpaired) electrons. The minimum Gasteiger partial charge on any atom is -0.439 e. The highest BCUT2D eigenvalue weighted by atomic mass is 16.5. The quantitative estimate of drug-likeness (QED) is 0.686. The van der Waals surface area contributed by atoms with Crippen LogP contribution in [0.15, 0.2) is 72.9 Å². The van der Waals surface area contributed by atoms with Crippen molar-refractivity contribution in [1.82, 2.24) is 4.98 Å². The second kappa shape index (κ2) is 7.40. The van der Waals surface area contributed by atoms with Crippen LogP contribution in [-0.2, 0) is 5.41 Å². The van der Waals surface area contributed by atoms with Gasteiger partial charge in [0.15, 0.2) is 0 Å². The second-order valence-corrected chi connectivity index (χ2v) is 7.08. The Morgan fingerprint density at radius 1 is 0.923 bits per heavy atom. The molecule has 132 valence electrons. The summed E-state index contributed by atoms with van der Waals surface area (Å²) in [6, 6.07) is 20.4. The van der Waals surface area contributed by atoms with Crippen LogP contribution in [0.4, 0.5) is 5.69 Å². The molecule has 26 heavy (non-hydrogen) atoms. The molecule has 0 fully saturated rings. The lowest BCUT2D eigenvalue weighted by Crippen LogP contribution is -2.14. The molecule has 3 aromatic rings. The molecule has 0 aliphatic carbocycles. The van der Waals surface area contributed by atoms with Gasteiger partial charge in [-0.1, -0.05) is 39.0 Å². The van der Waals surface area contributed by atoms with Crippen LogP contribution in [0, 0.1) is 0 Å². The Morgan fingerprint density at radius 3 is 2.19 bits per heavy atom. The van der Waals surface area contributed by atoms with E-state index in [0.29, 0.717) is 22.9 Å². The average molecular weight is 346 g/mol. The molecule has 0 aliphatic heterocycles. The molecule has 1 aromatic heterocycles. The van der Waals surface area contributed by atoms with Crippen LogP contribution in [0.2, 0.25) is 0 Å². The molecule has 1 N–H and O–H groups in total. The van der Waals surface area contributed by atoms with Gasteiger partial charge in [0.25, 0.3) is 5.91 Å².